The van der Waals surface area contributed by atoms with Gasteiger partial charge in [0.1, 0.15) is 0 Å². The van der Waals surface area contributed by atoms with E-state index in [4.69, 9.17) is 9.31 Å². The third kappa shape index (κ3) is 2.21. The molecule has 1 fully saturated rings. The molecule has 0 amide bonds. The predicted molar refractivity (Wildman–Crippen MR) is 89.8 cm³/mol. The van der Waals surface area contributed by atoms with E-state index in [-0.39, 0.29) is 18.3 Å². The Morgan fingerprint density at radius 3 is 2.10 bits per heavy atom. The van der Waals surface area contributed by atoms with Crippen LogP contribution in [0.25, 0.3) is 16.8 Å². The SMILES string of the molecule is C=Cc1cccc2cccc(B3OC(C)(C)C(C)(C)O3)c12. The smallest absolute Gasteiger partial charge is 0.399 e. The highest BCUT2D eigenvalue weighted by molar-refractivity contribution is 6.65. The van der Waals surface area contributed by atoms with Crippen LogP contribution in [0.5, 0.6) is 0 Å². The Morgan fingerprint density at radius 1 is 0.952 bits per heavy atom. The molecule has 1 aliphatic rings. The van der Waals surface area contributed by atoms with E-state index >= 15 is 0 Å². The largest absolute Gasteiger partial charge is 0.495 e. The molecule has 2 aromatic rings. The van der Waals surface area contributed by atoms with Crippen molar-refractivity contribution in [3.8, 4) is 0 Å². The normalized spacial score (nSPS) is 19.9. The van der Waals surface area contributed by atoms with Gasteiger partial charge in [0.25, 0.3) is 0 Å². The van der Waals surface area contributed by atoms with Crippen molar-refractivity contribution in [1.82, 2.24) is 0 Å². The summed E-state index contributed by atoms with van der Waals surface area (Å²) in [6.45, 7) is 12.2. The third-order valence-electron chi connectivity index (χ3n) is 4.70. The van der Waals surface area contributed by atoms with Crippen molar-refractivity contribution < 1.29 is 9.31 Å². The molecule has 2 nitrogen and oxygen atoms in total. The predicted octanol–water partition coefficient (Wildman–Crippen LogP) is 3.78. The first-order valence-electron chi connectivity index (χ1n) is 7.35. The van der Waals surface area contributed by atoms with E-state index in [1.54, 1.807) is 0 Å². The molecule has 2 aromatic carbocycles. The summed E-state index contributed by atoms with van der Waals surface area (Å²) in [6.07, 6.45) is 1.89. The highest BCUT2D eigenvalue weighted by Gasteiger charge is 2.52. The first-order valence-corrected chi connectivity index (χ1v) is 7.35. The summed E-state index contributed by atoms with van der Waals surface area (Å²) in [5, 5.41) is 2.34. The molecule has 0 N–H and O–H groups in total. The van der Waals surface area contributed by atoms with Crippen LogP contribution in [0, 0.1) is 0 Å². The van der Waals surface area contributed by atoms with Crippen LogP contribution >= 0.6 is 0 Å². The van der Waals surface area contributed by atoms with Gasteiger partial charge < -0.3 is 9.31 Å². The second-order valence-electron chi connectivity index (χ2n) is 6.58. The zero-order valence-corrected chi connectivity index (χ0v) is 13.1. The molecular weight excluding hydrogens is 259 g/mol. The van der Waals surface area contributed by atoms with Gasteiger partial charge in [0.15, 0.2) is 0 Å². The number of benzene rings is 2. The fourth-order valence-electron chi connectivity index (χ4n) is 2.74. The number of hydrogen-bond donors (Lipinski definition) is 0. The van der Waals surface area contributed by atoms with Gasteiger partial charge in [-0.2, -0.15) is 0 Å². The van der Waals surface area contributed by atoms with E-state index in [9.17, 15) is 0 Å². The van der Waals surface area contributed by atoms with Crippen molar-refractivity contribution in [3.05, 3.63) is 48.5 Å². The number of rotatable bonds is 2. The van der Waals surface area contributed by atoms with Crippen molar-refractivity contribution in [2.24, 2.45) is 0 Å². The van der Waals surface area contributed by atoms with E-state index in [1.807, 2.05) is 12.1 Å². The maximum atomic E-state index is 6.20. The number of hydrogen-bond acceptors (Lipinski definition) is 2. The lowest BCUT2D eigenvalue weighted by Crippen LogP contribution is -2.41. The molecule has 0 radical (unpaired) electrons. The van der Waals surface area contributed by atoms with Crippen LogP contribution in [0.2, 0.25) is 0 Å². The van der Waals surface area contributed by atoms with Gasteiger partial charge in [-0.15, -0.1) is 0 Å². The van der Waals surface area contributed by atoms with Gasteiger partial charge in [0, 0.05) is 0 Å². The van der Waals surface area contributed by atoms with E-state index < -0.39 is 0 Å². The van der Waals surface area contributed by atoms with Crippen LogP contribution in [-0.4, -0.2) is 18.3 Å². The molecule has 0 spiro atoms. The topological polar surface area (TPSA) is 18.5 Å². The van der Waals surface area contributed by atoms with Crippen molar-refractivity contribution >= 4 is 29.4 Å². The molecule has 0 aromatic heterocycles. The molecule has 0 atom stereocenters. The van der Waals surface area contributed by atoms with Crippen molar-refractivity contribution in [2.45, 2.75) is 38.9 Å². The Kier molecular flexibility index (Phi) is 3.23. The first-order chi connectivity index (χ1) is 9.86. The molecule has 0 aliphatic carbocycles. The molecule has 0 saturated carbocycles. The molecule has 21 heavy (non-hydrogen) atoms. The van der Waals surface area contributed by atoms with Gasteiger partial charge in [0.2, 0.25) is 0 Å². The summed E-state index contributed by atoms with van der Waals surface area (Å²) in [6, 6.07) is 12.5. The van der Waals surface area contributed by atoms with Crippen molar-refractivity contribution in [3.63, 3.8) is 0 Å². The van der Waals surface area contributed by atoms with Crippen LogP contribution in [0.3, 0.4) is 0 Å². The maximum Gasteiger partial charge on any atom is 0.495 e. The third-order valence-corrected chi connectivity index (χ3v) is 4.70. The van der Waals surface area contributed by atoms with Crippen molar-refractivity contribution in [1.29, 1.82) is 0 Å². The molecular formula is C18H21BO2. The summed E-state index contributed by atoms with van der Waals surface area (Å²) in [5.74, 6) is 0. The fraction of sp³-hybridized carbons (Fsp3) is 0.333. The average Bonchev–Trinajstić information content (AvgIpc) is 2.66. The maximum absolute atomic E-state index is 6.20. The van der Waals surface area contributed by atoms with Gasteiger partial charge in [-0.1, -0.05) is 49.1 Å². The van der Waals surface area contributed by atoms with Crippen LogP contribution in [0.1, 0.15) is 33.3 Å². The van der Waals surface area contributed by atoms with Gasteiger partial charge in [-0.25, -0.2) is 0 Å². The van der Waals surface area contributed by atoms with Crippen LogP contribution < -0.4 is 5.46 Å². The Hall–Kier alpha value is -1.58. The Bertz CT molecular complexity index is 682. The lowest BCUT2D eigenvalue weighted by molar-refractivity contribution is 0.00578. The lowest BCUT2D eigenvalue weighted by Gasteiger charge is -2.32. The standard InChI is InChI=1S/C18H21BO2/c1-6-13-9-7-10-14-11-8-12-15(16(13)14)19-20-17(2,3)18(4,5)21-19/h6-12H,1H2,2-5H3. The zero-order valence-electron chi connectivity index (χ0n) is 13.1. The van der Waals surface area contributed by atoms with Crippen LogP contribution in [0.15, 0.2) is 43.0 Å². The summed E-state index contributed by atoms with van der Waals surface area (Å²) < 4.78 is 12.4. The first kappa shape index (κ1) is 14.4. The van der Waals surface area contributed by atoms with E-state index in [0.29, 0.717) is 0 Å². The summed E-state index contributed by atoms with van der Waals surface area (Å²) >= 11 is 0. The zero-order chi connectivity index (χ0) is 15.3. The molecule has 3 heteroatoms. The molecule has 1 aliphatic heterocycles. The van der Waals surface area contributed by atoms with Gasteiger partial charge in [-0.05, 0) is 49.5 Å². The molecule has 3 rings (SSSR count). The van der Waals surface area contributed by atoms with Crippen LogP contribution in [-0.2, 0) is 9.31 Å². The Morgan fingerprint density at radius 2 is 1.52 bits per heavy atom. The summed E-state index contributed by atoms with van der Waals surface area (Å²) in [4.78, 5) is 0. The highest BCUT2D eigenvalue weighted by atomic mass is 16.7. The molecule has 108 valence electrons. The quantitative estimate of drug-likeness (QED) is 0.779. The Balaban J connectivity index is 2.16. The van der Waals surface area contributed by atoms with Crippen molar-refractivity contribution in [2.75, 3.05) is 0 Å². The molecule has 0 unspecified atom stereocenters. The molecule has 1 saturated heterocycles. The Labute approximate surface area is 126 Å². The van der Waals surface area contributed by atoms with E-state index in [0.717, 1.165) is 16.4 Å². The minimum atomic E-state index is -0.347. The van der Waals surface area contributed by atoms with E-state index in [2.05, 4.69) is 64.6 Å². The summed E-state index contributed by atoms with van der Waals surface area (Å²) in [5.41, 5.74) is 1.52. The average molecular weight is 280 g/mol. The van der Waals surface area contributed by atoms with Gasteiger partial charge >= 0.3 is 7.12 Å². The second-order valence-corrected chi connectivity index (χ2v) is 6.58. The fourth-order valence-corrected chi connectivity index (χ4v) is 2.74. The molecule has 1 heterocycles. The second kappa shape index (κ2) is 4.72. The van der Waals surface area contributed by atoms with Crippen LogP contribution in [0.4, 0.5) is 0 Å². The monoisotopic (exact) mass is 280 g/mol. The van der Waals surface area contributed by atoms with E-state index in [1.165, 1.54) is 5.39 Å². The minimum absolute atomic E-state index is 0.330. The van der Waals surface area contributed by atoms with Gasteiger partial charge in [-0.3, -0.25) is 0 Å². The molecule has 0 bridgehead atoms. The minimum Gasteiger partial charge on any atom is -0.399 e. The summed E-state index contributed by atoms with van der Waals surface area (Å²) in [7, 11) is -0.347. The lowest BCUT2D eigenvalue weighted by atomic mass is 9.75. The highest BCUT2D eigenvalue weighted by Crippen LogP contribution is 2.37. The number of fused-ring (bicyclic) bond motifs is 1. The van der Waals surface area contributed by atoms with Gasteiger partial charge in [0.05, 0.1) is 11.2 Å².